The molecule has 4 heteroatoms. The van der Waals surface area contributed by atoms with E-state index in [4.69, 9.17) is 11.6 Å². The van der Waals surface area contributed by atoms with Crippen molar-refractivity contribution in [2.24, 2.45) is 10.9 Å². The third kappa shape index (κ3) is 2.25. The Bertz CT molecular complexity index is 550. The number of nitrogens with zero attached hydrogens (tertiary/aromatic N) is 1. The molecule has 2 rings (SSSR count). The van der Waals surface area contributed by atoms with Crippen LogP contribution in [0.4, 0.5) is 10.1 Å². The maximum Gasteiger partial charge on any atom is 0.124 e. The van der Waals surface area contributed by atoms with Crippen LogP contribution >= 0.6 is 0 Å². The van der Waals surface area contributed by atoms with E-state index in [0.29, 0.717) is 17.0 Å². The molecule has 0 saturated carbocycles. The van der Waals surface area contributed by atoms with Crippen molar-refractivity contribution >= 4 is 11.4 Å². The summed E-state index contributed by atoms with van der Waals surface area (Å²) in [4.78, 5) is 0. The molecule has 0 spiro atoms. The van der Waals surface area contributed by atoms with Gasteiger partial charge in [0, 0.05) is 16.8 Å². The topological polar surface area (TPSA) is 64.4 Å². The fourth-order valence-electron chi connectivity index (χ4n) is 1.63. The van der Waals surface area contributed by atoms with Gasteiger partial charge in [0.05, 0.1) is 5.71 Å². The van der Waals surface area contributed by atoms with Crippen LogP contribution in [0.25, 0.3) is 0 Å². The van der Waals surface area contributed by atoms with E-state index in [1.165, 1.54) is 18.2 Å². The normalized spacial score (nSPS) is 11.5. The van der Waals surface area contributed by atoms with Gasteiger partial charge in [-0.3, -0.25) is 0 Å². The van der Waals surface area contributed by atoms with E-state index in [1.807, 2.05) is 30.3 Å². The summed E-state index contributed by atoms with van der Waals surface area (Å²) in [6.07, 6.45) is 0. The fraction of sp³-hybridized carbons (Fsp3) is 0. The summed E-state index contributed by atoms with van der Waals surface area (Å²) in [5, 5.41) is 3.70. The van der Waals surface area contributed by atoms with Crippen molar-refractivity contribution in [2.45, 2.75) is 0 Å². The van der Waals surface area contributed by atoms with Crippen molar-refractivity contribution in [1.29, 1.82) is 0 Å². The molecule has 3 nitrogen and oxygen atoms in total. The first-order chi connectivity index (χ1) is 8.22. The number of nitrogens with two attached hydrogens (primary N) is 2. The van der Waals surface area contributed by atoms with Crippen molar-refractivity contribution in [1.82, 2.24) is 0 Å². The molecule has 2 aromatic carbocycles. The number of halogens is 1. The summed E-state index contributed by atoms with van der Waals surface area (Å²) in [7, 11) is 0. The molecule has 0 atom stereocenters. The summed E-state index contributed by atoms with van der Waals surface area (Å²) in [6, 6.07) is 13.4. The van der Waals surface area contributed by atoms with E-state index in [-0.39, 0.29) is 5.82 Å². The quantitative estimate of drug-likeness (QED) is 0.358. The number of rotatable bonds is 2. The molecular weight excluding hydrogens is 217 g/mol. The number of benzene rings is 2. The lowest BCUT2D eigenvalue weighted by Crippen LogP contribution is -2.09. The Balaban J connectivity index is 2.54. The molecule has 0 bridgehead atoms. The molecule has 0 unspecified atom stereocenters. The predicted octanol–water partition coefficient (Wildman–Crippen LogP) is 2.12. The molecule has 0 aromatic heterocycles. The first kappa shape index (κ1) is 11.1. The Morgan fingerprint density at radius 2 is 1.76 bits per heavy atom. The Kier molecular flexibility index (Phi) is 3.05. The van der Waals surface area contributed by atoms with Gasteiger partial charge in [-0.15, -0.1) is 0 Å². The molecule has 0 aliphatic heterocycles. The van der Waals surface area contributed by atoms with E-state index in [2.05, 4.69) is 5.10 Å². The van der Waals surface area contributed by atoms with Crippen LogP contribution in [0, 0.1) is 5.82 Å². The maximum atomic E-state index is 13.2. The summed E-state index contributed by atoms with van der Waals surface area (Å²) >= 11 is 0. The molecule has 0 aliphatic rings. The van der Waals surface area contributed by atoms with Gasteiger partial charge in [0.15, 0.2) is 0 Å². The molecule has 0 amide bonds. The summed E-state index contributed by atoms with van der Waals surface area (Å²) in [6.45, 7) is 0. The highest BCUT2D eigenvalue weighted by molar-refractivity contribution is 6.15. The Labute approximate surface area is 98.6 Å². The van der Waals surface area contributed by atoms with Gasteiger partial charge in [-0.05, 0) is 18.2 Å². The number of hydrazone groups is 1. The average Bonchev–Trinajstić information content (AvgIpc) is 2.36. The largest absolute Gasteiger partial charge is 0.398 e. The minimum absolute atomic E-state index is 0.369. The van der Waals surface area contributed by atoms with Crippen molar-refractivity contribution in [3.63, 3.8) is 0 Å². The second-order valence-electron chi connectivity index (χ2n) is 3.58. The highest BCUT2D eigenvalue weighted by atomic mass is 19.1. The summed E-state index contributed by atoms with van der Waals surface area (Å²) < 4.78 is 13.2. The van der Waals surface area contributed by atoms with Crippen molar-refractivity contribution in [2.75, 3.05) is 5.73 Å². The lowest BCUT2D eigenvalue weighted by atomic mass is 10.0. The summed E-state index contributed by atoms with van der Waals surface area (Å²) in [5.41, 5.74) is 8.02. The second-order valence-corrected chi connectivity index (χ2v) is 3.58. The number of anilines is 1. The minimum Gasteiger partial charge on any atom is -0.398 e. The van der Waals surface area contributed by atoms with E-state index in [1.54, 1.807) is 0 Å². The summed E-state index contributed by atoms with van der Waals surface area (Å²) in [5.74, 6) is 5.00. The zero-order valence-corrected chi connectivity index (χ0v) is 9.10. The van der Waals surface area contributed by atoms with Crippen molar-refractivity contribution < 1.29 is 4.39 Å². The van der Waals surface area contributed by atoms with Crippen LogP contribution in [0.5, 0.6) is 0 Å². The van der Waals surface area contributed by atoms with Crippen molar-refractivity contribution in [3.05, 3.63) is 65.5 Å². The van der Waals surface area contributed by atoms with Gasteiger partial charge in [0.25, 0.3) is 0 Å². The lowest BCUT2D eigenvalue weighted by molar-refractivity contribution is 0.628. The highest BCUT2D eigenvalue weighted by Crippen LogP contribution is 2.18. The first-order valence-corrected chi connectivity index (χ1v) is 5.11. The van der Waals surface area contributed by atoms with E-state index in [9.17, 15) is 4.39 Å². The van der Waals surface area contributed by atoms with Gasteiger partial charge < -0.3 is 11.6 Å². The zero-order chi connectivity index (χ0) is 12.3. The van der Waals surface area contributed by atoms with Gasteiger partial charge in [-0.25, -0.2) is 4.39 Å². The van der Waals surface area contributed by atoms with Gasteiger partial charge in [0.2, 0.25) is 0 Å². The fourth-order valence-corrected chi connectivity index (χ4v) is 1.63. The molecule has 0 fully saturated rings. The monoisotopic (exact) mass is 229 g/mol. The molecule has 0 radical (unpaired) electrons. The van der Waals surface area contributed by atoms with Gasteiger partial charge in [-0.1, -0.05) is 30.3 Å². The van der Waals surface area contributed by atoms with Gasteiger partial charge in [0.1, 0.15) is 5.82 Å². The van der Waals surface area contributed by atoms with E-state index >= 15 is 0 Å². The van der Waals surface area contributed by atoms with E-state index in [0.717, 1.165) is 5.56 Å². The molecule has 0 aliphatic carbocycles. The maximum absolute atomic E-state index is 13.2. The van der Waals surface area contributed by atoms with Crippen LogP contribution in [-0.4, -0.2) is 5.71 Å². The second kappa shape index (κ2) is 4.65. The number of hydrogen-bond donors (Lipinski definition) is 2. The van der Waals surface area contributed by atoms with Gasteiger partial charge in [-0.2, -0.15) is 5.10 Å². The zero-order valence-electron chi connectivity index (χ0n) is 9.10. The number of nitrogen functional groups attached to an aromatic ring is 1. The molecule has 0 heterocycles. The Morgan fingerprint density at radius 3 is 2.41 bits per heavy atom. The predicted molar refractivity (Wildman–Crippen MR) is 67.1 cm³/mol. The van der Waals surface area contributed by atoms with Crippen LogP contribution in [0.3, 0.4) is 0 Å². The first-order valence-electron chi connectivity index (χ1n) is 5.11. The Hall–Kier alpha value is -2.36. The molecule has 86 valence electrons. The average molecular weight is 229 g/mol. The van der Waals surface area contributed by atoms with Crippen LogP contribution in [0.1, 0.15) is 11.1 Å². The third-order valence-corrected chi connectivity index (χ3v) is 2.45. The molecule has 17 heavy (non-hydrogen) atoms. The smallest absolute Gasteiger partial charge is 0.124 e. The molecule has 0 saturated heterocycles. The van der Waals surface area contributed by atoms with Crippen LogP contribution in [-0.2, 0) is 0 Å². The SMILES string of the molecule is NN=C(c1ccccc1)c1cc(F)ccc1N. The standard InChI is InChI=1S/C13H12FN3/c14-10-6-7-12(15)11(8-10)13(17-16)9-4-2-1-3-5-9/h1-8H,15-16H2. The van der Waals surface area contributed by atoms with Gasteiger partial charge >= 0.3 is 0 Å². The lowest BCUT2D eigenvalue weighted by Gasteiger charge is -2.08. The molecular formula is C13H12FN3. The van der Waals surface area contributed by atoms with Crippen LogP contribution < -0.4 is 11.6 Å². The number of hydrogen-bond acceptors (Lipinski definition) is 3. The van der Waals surface area contributed by atoms with Crippen LogP contribution in [0.2, 0.25) is 0 Å². The Morgan fingerprint density at radius 1 is 1.06 bits per heavy atom. The van der Waals surface area contributed by atoms with E-state index < -0.39 is 0 Å². The minimum atomic E-state index is -0.369. The highest BCUT2D eigenvalue weighted by Gasteiger charge is 2.10. The molecule has 2 aromatic rings. The van der Waals surface area contributed by atoms with Crippen LogP contribution in [0.15, 0.2) is 53.6 Å². The van der Waals surface area contributed by atoms with Crippen molar-refractivity contribution in [3.8, 4) is 0 Å². The third-order valence-electron chi connectivity index (χ3n) is 2.45. The molecule has 4 N–H and O–H groups in total.